The predicted molar refractivity (Wildman–Crippen MR) is 106 cm³/mol. The first-order chi connectivity index (χ1) is 11.7. The molecule has 0 aliphatic carbocycles. The molecule has 2 aromatic rings. The van der Waals surface area contributed by atoms with Gasteiger partial charge in [0.25, 0.3) is 0 Å². The van der Waals surface area contributed by atoms with Crippen molar-refractivity contribution in [1.82, 2.24) is 0 Å². The van der Waals surface area contributed by atoms with Crippen molar-refractivity contribution in [3.63, 3.8) is 0 Å². The molecule has 25 heavy (non-hydrogen) atoms. The zero-order valence-corrected chi connectivity index (χ0v) is 16.8. The Bertz CT molecular complexity index is 691. The lowest BCUT2D eigenvalue weighted by molar-refractivity contribution is 0.410. The van der Waals surface area contributed by atoms with Crippen LogP contribution in [0.3, 0.4) is 0 Å². The van der Waals surface area contributed by atoms with Gasteiger partial charge in [0, 0.05) is 0 Å². The Balaban J connectivity index is 2.18. The summed E-state index contributed by atoms with van der Waals surface area (Å²) in [7, 11) is 3.45. The fourth-order valence-corrected chi connectivity index (χ4v) is 3.00. The van der Waals surface area contributed by atoms with Crippen LogP contribution < -0.4 is 9.47 Å². The highest BCUT2D eigenvalue weighted by molar-refractivity contribution is 5.38. The van der Waals surface area contributed by atoms with Crippen LogP contribution in [0.25, 0.3) is 0 Å². The molecule has 0 atom stereocenters. The number of hydrogen-bond donors (Lipinski definition) is 0. The van der Waals surface area contributed by atoms with Crippen molar-refractivity contribution in [2.45, 2.75) is 58.3 Å². The van der Waals surface area contributed by atoms with E-state index in [0.29, 0.717) is 0 Å². The van der Waals surface area contributed by atoms with Crippen LogP contribution in [0.4, 0.5) is 0 Å². The summed E-state index contributed by atoms with van der Waals surface area (Å²) in [4.78, 5) is 0. The summed E-state index contributed by atoms with van der Waals surface area (Å²) in [5.74, 6) is 1.85. The molecule has 0 bridgehead atoms. The SMILES string of the molecule is COc1ccc(C(C)(C)CCc2cc(OC)cc(C(C)(C)C)c2)cc1. The van der Waals surface area contributed by atoms with Gasteiger partial charge >= 0.3 is 0 Å². The minimum Gasteiger partial charge on any atom is -0.497 e. The third-order valence-electron chi connectivity index (χ3n) is 4.98. The number of hydrogen-bond acceptors (Lipinski definition) is 2. The van der Waals surface area contributed by atoms with Crippen molar-refractivity contribution in [3.8, 4) is 11.5 Å². The van der Waals surface area contributed by atoms with Crippen molar-refractivity contribution >= 4 is 0 Å². The van der Waals surface area contributed by atoms with Crippen LogP contribution in [0, 0.1) is 0 Å². The standard InChI is InChI=1S/C23H32O2/c1-22(2,3)19-14-17(15-21(16-19)25-7)12-13-23(4,5)18-8-10-20(24-6)11-9-18/h8-11,14-16H,12-13H2,1-7H3. The molecule has 0 spiro atoms. The number of methoxy groups -OCH3 is 2. The van der Waals surface area contributed by atoms with E-state index in [2.05, 4.69) is 65.0 Å². The van der Waals surface area contributed by atoms with Crippen molar-refractivity contribution in [1.29, 1.82) is 0 Å². The summed E-state index contributed by atoms with van der Waals surface area (Å²) < 4.78 is 10.8. The first-order valence-electron chi connectivity index (χ1n) is 8.99. The zero-order chi connectivity index (χ0) is 18.7. The largest absolute Gasteiger partial charge is 0.497 e. The van der Waals surface area contributed by atoms with E-state index in [1.54, 1.807) is 14.2 Å². The maximum Gasteiger partial charge on any atom is 0.119 e. The second-order valence-corrected chi connectivity index (χ2v) is 8.43. The quantitative estimate of drug-likeness (QED) is 0.650. The molecule has 0 N–H and O–H groups in total. The molecule has 0 heterocycles. The Morgan fingerprint density at radius 3 is 1.84 bits per heavy atom. The van der Waals surface area contributed by atoms with Gasteiger partial charge in [0.05, 0.1) is 14.2 Å². The molecular weight excluding hydrogens is 308 g/mol. The lowest BCUT2D eigenvalue weighted by atomic mass is 9.79. The molecule has 2 rings (SSSR count). The third kappa shape index (κ3) is 5.01. The van der Waals surface area contributed by atoms with Gasteiger partial charge in [0.2, 0.25) is 0 Å². The predicted octanol–water partition coefficient (Wildman–Crippen LogP) is 5.91. The average molecular weight is 341 g/mol. The van der Waals surface area contributed by atoms with Crippen molar-refractivity contribution < 1.29 is 9.47 Å². The number of rotatable bonds is 6. The Hall–Kier alpha value is -1.96. The van der Waals surface area contributed by atoms with E-state index in [9.17, 15) is 0 Å². The van der Waals surface area contributed by atoms with Gasteiger partial charge in [-0.25, -0.2) is 0 Å². The summed E-state index contributed by atoms with van der Waals surface area (Å²) in [6.07, 6.45) is 2.11. The lowest BCUT2D eigenvalue weighted by Gasteiger charge is -2.26. The second-order valence-electron chi connectivity index (χ2n) is 8.43. The molecule has 2 aromatic carbocycles. The highest BCUT2D eigenvalue weighted by Gasteiger charge is 2.21. The molecule has 0 amide bonds. The molecule has 2 heteroatoms. The van der Waals surface area contributed by atoms with E-state index in [4.69, 9.17) is 9.47 Å². The molecule has 0 aliphatic heterocycles. The molecule has 0 unspecified atom stereocenters. The molecule has 0 saturated heterocycles. The van der Waals surface area contributed by atoms with Crippen molar-refractivity contribution in [3.05, 3.63) is 59.2 Å². The Labute approximate surface area is 153 Å². The summed E-state index contributed by atoms with van der Waals surface area (Å²) in [5, 5.41) is 0. The molecule has 136 valence electrons. The van der Waals surface area contributed by atoms with Crippen LogP contribution in [0.15, 0.2) is 42.5 Å². The first-order valence-corrected chi connectivity index (χ1v) is 8.99. The third-order valence-corrected chi connectivity index (χ3v) is 4.98. The topological polar surface area (TPSA) is 18.5 Å². The van der Waals surface area contributed by atoms with Gasteiger partial charge < -0.3 is 9.47 Å². The van der Waals surface area contributed by atoms with Crippen LogP contribution >= 0.6 is 0 Å². The van der Waals surface area contributed by atoms with Gasteiger partial charge in [0.1, 0.15) is 11.5 Å². The van der Waals surface area contributed by atoms with Crippen LogP contribution in [-0.4, -0.2) is 14.2 Å². The molecule has 2 nitrogen and oxygen atoms in total. The minimum atomic E-state index is 0.108. The second kappa shape index (κ2) is 7.51. The van der Waals surface area contributed by atoms with Crippen LogP contribution in [0.5, 0.6) is 11.5 Å². The molecule has 0 aliphatic rings. The smallest absolute Gasteiger partial charge is 0.119 e. The summed E-state index contributed by atoms with van der Waals surface area (Å²) in [5.41, 5.74) is 4.23. The van der Waals surface area contributed by atoms with Crippen LogP contribution in [-0.2, 0) is 17.3 Å². The van der Waals surface area contributed by atoms with E-state index in [1.807, 2.05) is 12.1 Å². The zero-order valence-electron chi connectivity index (χ0n) is 16.8. The fourth-order valence-electron chi connectivity index (χ4n) is 3.00. The molecular formula is C23H32O2. The van der Waals surface area contributed by atoms with Gasteiger partial charge in [-0.05, 0) is 64.6 Å². The van der Waals surface area contributed by atoms with Gasteiger partial charge in [-0.1, -0.05) is 52.8 Å². The van der Waals surface area contributed by atoms with Gasteiger partial charge in [0.15, 0.2) is 0 Å². The molecule has 0 radical (unpaired) electrons. The van der Waals surface area contributed by atoms with Gasteiger partial charge in [-0.2, -0.15) is 0 Å². The Kier molecular flexibility index (Phi) is 5.82. The van der Waals surface area contributed by atoms with Crippen molar-refractivity contribution in [2.24, 2.45) is 0 Å². The highest BCUT2D eigenvalue weighted by Crippen LogP contribution is 2.32. The Morgan fingerprint density at radius 2 is 1.32 bits per heavy atom. The lowest BCUT2D eigenvalue weighted by Crippen LogP contribution is -2.18. The van der Waals surface area contributed by atoms with Crippen LogP contribution in [0.1, 0.15) is 57.7 Å². The first kappa shape index (κ1) is 19.4. The summed E-state index contributed by atoms with van der Waals surface area (Å²) in [6.45, 7) is 11.3. The highest BCUT2D eigenvalue weighted by atomic mass is 16.5. The van der Waals surface area contributed by atoms with E-state index < -0.39 is 0 Å². The van der Waals surface area contributed by atoms with E-state index in [0.717, 1.165) is 24.3 Å². The van der Waals surface area contributed by atoms with Gasteiger partial charge in [-0.3, -0.25) is 0 Å². The van der Waals surface area contributed by atoms with Gasteiger partial charge in [-0.15, -0.1) is 0 Å². The normalized spacial score (nSPS) is 12.1. The molecule has 0 fully saturated rings. The van der Waals surface area contributed by atoms with E-state index >= 15 is 0 Å². The maximum atomic E-state index is 5.52. The van der Waals surface area contributed by atoms with E-state index in [1.165, 1.54) is 16.7 Å². The number of ether oxygens (including phenoxy) is 2. The maximum absolute atomic E-state index is 5.52. The average Bonchev–Trinajstić information content (AvgIpc) is 2.59. The number of aryl methyl sites for hydroxylation is 1. The number of benzene rings is 2. The van der Waals surface area contributed by atoms with Crippen LogP contribution in [0.2, 0.25) is 0 Å². The molecule has 0 saturated carbocycles. The van der Waals surface area contributed by atoms with E-state index in [-0.39, 0.29) is 10.8 Å². The summed E-state index contributed by atoms with van der Waals surface area (Å²) >= 11 is 0. The minimum absolute atomic E-state index is 0.108. The van der Waals surface area contributed by atoms with Crippen molar-refractivity contribution in [2.75, 3.05) is 14.2 Å². The monoisotopic (exact) mass is 340 g/mol. The summed E-state index contributed by atoms with van der Waals surface area (Å²) in [6, 6.07) is 15.1. The Morgan fingerprint density at radius 1 is 0.720 bits per heavy atom. The molecule has 0 aromatic heterocycles. The fraction of sp³-hybridized carbons (Fsp3) is 0.478.